The van der Waals surface area contributed by atoms with Crippen LogP contribution in [0.15, 0.2) is 29.2 Å². The number of hydrogen-bond acceptors (Lipinski definition) is 3. The molecule has 0 aromatic heterocycles. The summed E-state index contributed by atoms with van der Waals surface area (Å²) in [6.07, 6.45) is 0.530. The second-order valence-electron chi connectivity index (χ2n) is 3.51. The van der Waals surface area contributed by atoms with Crippen molar-refractivity contribution in [3.8, 4) is 0 Å². The summed E-state index contributed by atoms with van der Waals surface area (Å²) in [4.78, 5) is 12.4. The molecule has 17 heavy (non-hydrogen) atoms. The van der Waals surface area contributed by atoms with E-state index in [1.807, 2.05) is 31.3 Å². The topological polar surface area (TPSA) is 41.1 Å². The van der Waals surface area contributed by atoms with Crippen LogP contribution in [0.3, 0.4) is 0 Å². The standard InChI is InChI=1S/C12H17ClN2OS/c1-14-7-6-12(16)15-8-9-17-11-4-2-10(13)3-5-11/h2-5,14H,6-9H2,1H3,(H,15,16). The van der Waals surface area contributed by atoms with E-state index >= 15 is 0 Å². The predicted molar refractivity (Wildman–Crippen MR) is 73.7 cm³/mol. The summed E-state index contributed by atoms with van der Waals surface area (Å²) >= 11 is 7.50. The summed E-state index contributed by atoms with van der Waals surface area (Å²) in [6.45, 7) is 1.41. The molecule has 0 aliphatic heterocycles. The van der Waals surface area contributed by atoms with Gasteiger partial charge in [-0.05, 0) is 31.3 Å². The van der Waals surface area contributed by atoms with Crippen LogP contribution < -0.4 is 10.6 Å². The minimum atomic E-state index is 0.0936. The Bertz CT molecular complexity index is 343. The van der Waals surface area contributed by atoms with Crippen LogP contribution in [-0.2, 0) is 4.79 Å². The normalized spacial score (nSPS) is 10.2. The van der Waals surface area contributed by atoms with Gasteiger partial charge < -0.3 is 10.6 Å². The third-order valence-corrected chi connectivity index (χ3v) is 3.37. The molecule has 0 fully saturated rings. The zero-order valence-corrected chi connectivity index (χ0v) is 11.4. The average molecular weight is 273 g/mol. The highest BCUT2D eigenvalue weighted by Crippen LogP contribution is 2.19. The molecule has 0 radical (unpaired) electrons. The van der Waals surface area contributed by atoms with Gasteiger partial charge in [0, 0.05) is 35.2 Å². The first-order chi connectivity index (χ1) is 8.22. The van der Waals surface area contributed by atoms with E-state index < -0.39 is 0 Å². The smallest absolute Gasteiger partial charge is 0.221 e. The Labute approximate surface area is 111 Å². The van der Waals surface area contributed by atoms with Crippen LogP contribution in [0.4, 0.5) is 0 Å². The van der Waals surface area contributed by atoms with E-state index in [9.17, 15) is 4.79 Å². The highest BCUT2D eigenvalue weighted by molar-refractivity contribution is 7.99. The maximum atomic E-state index is 11.3. The first-order valence-electron chi connectivity index (χ1n) is 5.52. The molecular weight excluding hydrogens is 256 g/mol. The number of nitrogens with one attached hydrogen (secondary N) is 2. The van der Waals surface area contributed by atoms with E-state index in [0.717, 1.165) is 17.3 Å². The number of amides is 1. The number of thioether (sulfide) groups is 1. The maximum absolute atomic E-state index is 11.3. The fourth-order valence-electron chi connectivity index (χ4n) is 1.22. The van der Waals surface area contributed by atoms with Gasteiger partial charge in [-0.3, -0.25) is 4.79 Å². The zero-order chi connectivity index (χ0) is 12.5. The van der Waals surface area contributed by atoms with Crippen molar-refractivity contribution in [1.82, 2.24) is 10.6 Å². The van der Waals surface area contributed by atoms with Crippen LogP contribution in [0.2, 0.25) is 5.02 Å². The van der Waals surface area contributed by atoms with Gasteiger partial charge in [0.1, 0.15) is 0 Å². The van der Waals surface area contributed by atoms with E-state index in [-0.39, 0.29) is 5.91 Å². The molecule has 5 heteroatoms. The summed E-state index contributed by atoms with van der Waals surface area (Å²) in [6, 6.07) is 7.70. The van der Waals surface area contributed by atoms with Gasteiger partial charge in [-0.15, -0.1) is 11.8 Å². The lowest BCUT2D eigenvalue weighted by atomic mass is 10.4. The molecule has 0 heterocycles. The lowest BCUT2D eigenvalue weighted by Gasteiger charge is -2.05. The Morgan fingerprint density at radius 3 is 2.65 bits per heavy atom. The van der Waals surface area contributed by atoms with Crippen molar-refractivity contribution >= 4 is 29.3 Å². The van der Waals surface area contributed by atoms with E-state index in [1.54, 1.807) is 11.8 Å². The highest BCUT2D eigenvalue weighted by Gasteiger charge is 1.99. The Morgan fingerprint density at radius 1 is 1.29 bits per heavy atom. The Morgan fingerprint density at radius 2 is 2.00 bits per heavy atom. The van der Waals surface area contributed by atoms with Gasteiger partial charge in [0.15, 0.2) is 0 Å². The number of carbonyl (C=O) groups is 1. The number of rotatable bonds is 7. The molecule has 1 aromatic rings. The molecule has 0 atom stereocenters. The fraction of sp³-hybridized carbons (Fsp3) is 0.417. The minimum absolute atomic E-state index is 0.0936. The largest absolute Gasteiger partial charge is 0.355 e. The van der Waals surface area contributed by atoms with Gasteiger partial charge >= 0.3 is 0 Å². The third kappa shape index (κ3) is 6.56. The molecule has 1 aromatic carbocycles. The van der Waals surface area contributed by atoms with Gasteiger partial charge in [0.25, 0.3) is 0 Å². The van der Waals surface area contributed by atoms with Gasteiger partial charge in [-0.1, -0.05) is 11.6 Å². The number of halogens is 1. The van der Waals surface area contributed by atoms with E-state index in [0.29, 0.717) is 13.0 Å². The monoisotopic (exact) mass is 272 g/mol. The summed E-state index contributed by atoms with van der Waals surface area (Å²) in [5, 5.41) is 6.56. The van der Waals surface area contributed by atoms with Crippen LogP contribution in [0.25, 0.3) is 0 Å². The van der Waals surface area contributed by atoms with Crippen molar-refractivity contribution in [1.29, 1.82) is 0 Å². The molecule has 0 aliphatic rings. The molecule has 0 aliphatic carbocycles. The maximum Gasteiger partial charge on any atom is 0.221 e. The fourth-order valence-corrected chi connectivity index (χ4v) is 2.11. The minimum Gasteiger partial charge on any atom is -0.355 e. The molecule has 1 rings (SSSR count). The lowest BCUT2D eigenvalue weighted by Crippen LogP contribution is -2.28. The molecule has 94 valence electrons. The van der Waals surface area contributed by atoms with E-state index in [2.05, 4.69) is 10.6 Å². The molecule has 0 saturated heterocycles. The Hall–Kier alpha value is -0.710. The zero-order valence-electron chi connectivity index (χ0n) is 9.83. The van der Waals surface area contributed by atoms with Gasteiger partial charge in [0.2, 0.25) is 5.91 Å². The highest BCUT2D eigenvalue weighted by atomic mass is 35.5. The third-order valence-electron chi connectivity index (χ3n) is 2.11. The SMILES string of the molecule is CNCCC(=O)NCCSc1ccc(Cl)cc1. The van der Waals surface area contributed by atoms with Crippen molar-refractivity contribution in [3.05, 3.63) is 29.3 Å². The summed E-state index contributed by atoms with van der Waals surface area (Å²) in [5.74, 6) is 0.962. The van der Waals surface area contributed by atoms with E-state index in [1.165, 1.54) is 4.90 Å². The first-order valence-corrected chi connectivity index (χ1v) is 6.88. The van der Waals surface area contributed by atoms with Crippen molar-refractivity contribution in [2.24, 2.45) is 0 Å². The Kier molecular flexibility index (Phi) is 7.08. The Balaban J connectivity index is 2.11. The van der Waals surface area contributed by atoms with Crippen molar-refractivity contribution in [2.45, 2.75) is 11.3 Å². The average Bonchev–Trinajstić information content (AvgIpc) is 2.34. The summed E-state index contributed by atoms with van der Waals surface area (Å²) < 4.78 is 0. The van der Waals surface area contributed by atoms with Crippen LogP contribution in [-0.4, -0.2) is 31.8 Å². The quantitative estimate of drug-likeness (QED) is 0.590. The van der Waals surface area contributed by atoms with Gasteiger partial charge in [-0.25, -0.2) is 0 Å². The lowest BCUT2D eigenvalue weighted by molar-refractivity contribution is -0.120. The predicted octanol–water partition coefficient (Wildman–Crippen LogP) is 2.16. The molecule has 0 unspecified atom stereocenters. The van der Waals surface area contributed by atoms with Crippen LogP contribution in [0, 0.1) is 0 Å². The van der Waals surface area contributed by atoms with E-state index in [4.69, 9.17) is 11.6 Å². The molecular formula is C12H17ClN2OS. The summed E-state index contributed by atoms with van der Waals surface area (Å²) in [5.41, 5.74) is 0. The second-order valence-corrected chi connectivity index (χ2v) is 5.11. The number of carbonyl (C=O) groups excluding carboxylic acids is 1. The summed E-state index contributed by atoms with van der Waals surface area (Å²) in [7, 11) is 1.84. The van der Waals surface area contributed by atoms with Crippen LogP contribution in [0.1, 0.15) is 6.42 Å². The molecule has 1 amide bonds. The van der Waals surface area contributed by atoms with Crippen molar-refractivity contribution < 1.29 is 4.79 Å². The molecule has 3 nitrogen and oxygen atoms in total. The first kappa shape index (κ1) is 14.4. The van der Waals surface area contributed by atoms with Crippen molar-refractivity contribution in [3.63, 3.8) is 0 Å². The van der Waals surface area contributed by atoms with Crippen molar-refractivity contribution in [2.75, 3.05) is 25.9 Å². The molecule has 2 N–H and O–H groups in total. The molecule has 0 bridgehead atoms. The molecule has 0 spiro atoms. The number of hydrogen-bond donors (Lipinski definition) is 2. The number of benzene rings is 1. The second kappa shape index (κ2) is 8.39. The van der Waals surface area contributed by atoms with Crippen LogP contribution in [0.5, 0.6) is 0 Å². The van der Waals surface area contributed by atoms with Gasteiger partial charge in [0.05, 0.1) is 0 Å². The van der Waals surface area contributed by atoms with Gasteiger partial charge in [-0.2, -0.15) is 0 Å². The van der Waals surface area contributed by atoms with Crippen LogP contribution >= 0.6 is 23.4 Å². The molecule has 0 saturated carbocycles.